The van der Waals surface area contributed by atoms with Gasteiger partial charge in [-0.2, -0.15) is 0 Å². The number of alkyl halides is 1. The minimum absolute atomic E-state index is 0.0545. The van der Waals surface area contributed by atoms with Crippen molar-refractivity contribution >= 4 is 15.9 Å². The Morgan fingerprint density at radius 1 is 1.56 bits per heavy atom. The highest BCUT2D eigenvalue weighted by Crippen LogP contribution is 2.28. The van der Waals surface area contributed by atoms with E-state index in [9.17, 15) is 4.39 Å². The molecule has 0 heterocycles. The zero-order chi connectivity index (χ0) is 12.2. The quantitative estimate of drug-likeness (QED) is 0.588. The molecule has 16 heavy (non-hydrogen) atoms. The van der Waals surface area contributed by atoms with Gasteiger partial charge >= 0.3 is 0 Å². The van der Waals surface area contributed by atoms with Gasteiger partial charge in [0.1, 0.15) is 0 Å². The summed E-state index contributed by atoms with van der Waals surface area (Å²) in [4.78, 5) is 0. The Balaban J connectivity index is 2.90. The van der Waals surface area contributed by atoms with Crippen molar-refractivity contribution in [3.05, 3.63) is 42.2 Å². The molecule has 1 aromatic rings. The Kier molecular flexibility index (Phi) is 4.54. The molecule has 0 aliphatic carbocycles. The van der Waals surface area contributed by atoms with E-state index >= 15 is 0 Å². The lowest BCUT2D eigenvalue weighted by atomic mass is 9.86. The van der Waals surface area contributed by atoms with E-state index in [1.165, 1.54) is 13.2 Å². The van der Waals surface area contributed by atoms with E-state index in [2.05, 4.69) is 29.4 Å². The number of hydrogen-bond acceptors (Lipinski definition) is 1. The van der Waals surface area contributed by atoms with E-state index in [0.29, 0.717) is 0 Å². The highest BCUT2D eigenvalue weighted by Gasteiger charge is 2.19. The number of benzene rings is 1. The molecular weight excluding hydrogens is 271 g/mol. The smallest absolute Gasteiger partial charge is 0.165 e. The predicted octanol–water partition coefficient (Wildman–Crippen LogP) is 3.96. The van der Waals surface area contributed by atoms with Crippen molar-refractivity contribution < 1.29 is 9.13 Å². The van der Waals surface area contributed by atoms with Crippen molar-refractivity contribution in [2.24, 2.45) is 5.41 Å². The van der Waals surface area contributed by atoms with Gasteiger partial charge in [-0.1, -0.05) is 35.0 Å². The molecule has 0 fully saturated rings. The van der Waals surface area contributed by atoms with Gasteiger partial charge in [-0.05, 0) is 29.5 Å². The van der Waals surface area contributed by atoms with E-state index in [1.54, 1.807) is 6.07 Å². The zero-order valence-corrected chi connectivity index (χ0v) is 11.2. The summed E-state index contributed by atoms with van der Waals surface area (Å²) in [6.07, 6.45) is 2.65. The Morgan fingerprint density at radius 2 is 2.25 bits per heavy atom. The van der Waals surface area contributed by atoms with Gasteiger partial charge in [0.2, 0.25) is 0 Å². The van der Waals surface area contributed by atoms with Crippen molar-refractivity contribution in [3.8, 4) is 5.75 Å². The van der Waals surface area contributed by atoms with Crippen LogP contribution in [0.25, 0.3) is 0 Å². The van der Waals surface area contributed by atoms with Crippen molar-refractivity contribution in [3.63, 3.8) is 0 Å². The van der Waals surface area contributed by atoms with Crippen LogP contribution in [0.1, 0.15) is 12.5 Å². The lowest BCUT2D eigenvalue weighted by Crippen LogP contribution is -2.18. The molecule has 0 spiro atoms. The average molecular weight is 287 g/mol. The Labute approximate surface area is 104 Å². The number of hydrogen-bond donors (Lipinski definition) is 0. The summed E-state index contributed by atoms with van der Waals surface area (Å²) in [7, 11) is 1.46. The molecular formula is C13H16BrFO. The van der Waals surface area contributed by atoms with Gasteiger partial charge in [0.25, 0.3) is 0 Å². The first-order valence-corrected chi connectivity index (χ1v) is 6.19. The average Bonchev–Trinajstić information content (AvgIpc) is 2.29. The van der Waals surface area contributed by atoms with Crippen LogP contribution in [-0.2, 0) is 6.42 Å². The van der Waals surface area contributed by atoms with Gasteiger partial charge in [-0.3, -0.25) is 0 Å². The Morgan fingerprint density at radius 3 is 2.69 bits per heavy atom. The van der Waals surface area contributed by atoms with Gasteiger partial charge < -0.3 is 4.74 Å². The summed E-state index contributed by atoms with van der Waals surface area (Å²) >= 11 is 3.45. The topological polar surface area (TPSA) is 9.23 Å². The van der Waals surface area contributed by atoms with Gasteiger partial charge in [0, 0.05) is 5.33 Å². The van der Waals surface area contributed by atoms with Crippen LogP contribution < -0.4 is 4.74 Å². The van der Waals surface area contributed by atoms with Gasteiger partial charge in [-0.15, -0.1) is 6.58 Å². The Bertz CT molecular complexity index is 378. The monoisotopic (exact) mass is 286 g/mol. The lowest BCUT2D eigenvalue weighted by Gasteiger charge is -2.23. The second-order valence-electron chi connectivity index (χ2n) is 4.14. The van der Waals surface area contributed by atoms with Crippen LogP contribution in [0, 0.1) is 11.2 Å². The van der Waals surface area contributed by atoms with Crippen LogP contribution in [0.15, 0.2) is 30.9 Å². The van der Waals surface area contributed by atoms with Gasteiger partial charge in [-0.25, -0.2) is 4.39 Å². The van der Waals surface area contributed by atoms with E-state index in [0.717, 1.165) is 17.3 Å². The van der Waals surface area contributed by atoms with Gasteiger partial charge in [0.15, 0.2) is 11.6 Å². The summed E-state index contributed by atoms with van der Waals surface area (Å²) in [6.45, 7) is 5.89. The van der Waals surface area contributed by atoms with Crippen molar-refractivity contribution in [1.29, 1.82) is 0 Å². The number of methoxy groups -OCH3 is 1. The van der Waals surface area contributed by atoms with Crippen LogP contribution in [-0.4, -0.2) is 12.4 Å². The third kappa shape index (κ3) is 3.08. The first-order chi connectivity index (χ1) is 7.54. The number of ether oxygens (including phenoxy) is 1. The van der Waals surface area contributed by atoms with Crippen LogP contribution in [0.4, 0.5) is 4.39 Å². The standard InChI is InChI=1S/C13H16BrFO/c1-4-13(2,9-14)8-10-5-6-12(16-3)11(15)7-10/h4-7H,1,8-9H2,2-3H3. The third-order valence-corrected chi connectivity index (χ3v) is 3.90. The highest BCUT2D eigenvalue weighted by atomic mass is 79.9. The SMILES string of the molecule is C=CC(C)(CBr)Cc1ccc(OC)c(F)c1. The van der Waals surface area contributed by atoms with Crippen LogP contribution in [0.5, 0.6) is 5.75 Å². The molecule has 0 saturated carbocycles. The normalized spacial score (nSPS) is 14.2. The highest BCUT2D eigenvalue weighted by molar-refractivity contribution is 9.09. The molecule has 1 nitrogen and oxygen atoms in total. The molecule has 0 radical (unpaired) electrons. The van der Waals surface area contributed by atoms with Crippen molar-refractivity contribution in [2.45, 2.75) is 13.3 Å². The molecule has 1 aromatic carbocycles. The maximum absolute atomic E-state index is 13.5. The molecule has 0 aliphatic heterocycles. The fourth-order valence-corrected chi connectivity index (χ4v) is 1.89. The molecule has 0 bridgehead atoms. The summed E-state index contributed by atoms with van der Waals surface area (Å²) in [5.41, 5.74) is 0.890. The number of rotatable bonds is 5. The van der Waals surface area contributed by atoms with E-state index in [4.69, 9.17) is 4.74 Å². The van der Waals surface area contributed by atoms with E-state index in [1.807, 2.05) is 12.1 Å². The molecule has 1 atom stereocenters. The van der Waals surface area contributed by atoms with Crippen LogP contribution in [0.2, 0.25) is 0 Å². The summed E-state index contributed by atoms with van der Waals surface area (Å²) in [6, 6.07) is 5.05. The molecule has 0 saturated heterocycles. The zero-order valence-electron chi connectivity index (χ0n) is 9.59. The first-order valence-electron chi connectivity index (χ1n) is 5.06. The maximum Gasteiger partial charge on any atom is 0.165 e. The van der Waals surface area contributed by atoms with Crippen LogP contribution in [0.3, 0.4) is 0 Å². The largest absolute Gasteiger partial charge is 0.494 e. The molecule has 0 amide bonds. The minimum atomic E-state index is -0.319. The number of allylic oxidation sites excluding steroid dienone is 1. The molecule has 0 aliphatic rings. The molecule has 0 N–H and O–H groups in total. The van der Waals surface area contributed by atoms with E-state index < -0.39 is 0 Å². The van der Waals surface area contributed by atoms with E-state index in [-0.39, 0.29) is 17.0 Å². The summed E-state index contributed by atoms with van der Waals surface area (Å²) in [5, 5.41) is 0.803. The minimum Gasteiger partial charge on any atom is -0.494 e. The molecule has 3 heteroatoms. The fraction of sp³-hybridized carbons (Fsp3) is 0.385. The van der Waals surface area contributed by atoms with Gasteiger partial charge in [0.05, 0.1) is 7.11 Å². The second kappa shape index (κ2) is 5.48. The maximum atomic E-state index is 13.5. The fourth-order valence-electron chi connectivity index (χ4n) is 1.46. The predicted molar refractivity (Wildman–Crippen MR) is 68.8 cm³/mol. The molecule has 0 aromatic heterocycles. The third-order valence-electron chi connectivity index (χ3n) is 2.62. The molecule has 88 valence electrons. The first kappa shape index (κ1) is 13.2. The number of halogens is 2. The molecule has 1 unspecified atom stereocenters. The van der Waals surface area contributed by atoms with Crippen molar-refractivity contribution in [1.82, 2.24) is 0 Å². The molecule has 1 rings (SSSR count). The summed E-state index contributed by atoms with van der Waals surface area (Å²) in [5.74, 6) is -0.0381. The van der Waals surface area contributed by atoms with Crippen molar-refractivity contribution in [2.75, 3.05) is 12.4 Å². The Hall–Kier alpha value is -0.830. The lowest BCUT2D eigenvalue weighted by molar-refractivity contribution is 0.385. The van der Waals surface area contributed by atoms with Crippen LogP contribution >= 0.6 is 15.9 Å². The summed E-state index contributed by atoms with van der Waals surface area (Å²) < 4.78 is 18.3. The second-order valence-corrected chi connectivity index (χ2v) is 4.70.